The maximum atomic E-state index is 11.3. The van der Waals surface area contributed by atoms with E-state index in [2.05, 4.69) is 10.3 Å². The van der Waals surface area contributed by atoms with Crippen LogP contribution in [0.2, 0.25) is 0 Å². The van der Waals surface area contributed by atoms with E-state index < -0.39 is 12.1 Å². The number of aliphatic carboxylic acids is 1. The minimum absolute atomic E-state index is 0.0140. The number of carbonyl (C=O) groups excluding carboxylic acids is 1. The highest BCUT2D eigenvalue weighted by Crippen LogP contribution is 2.04. The molecule has 0 fully saturated rings. The molecule has 0 aliphatic heterocycles. The van der Waals surface area contributed by atoms with Gasteiger partial charge in [-0.1, -0.05) is 0 Å². The van der Waals surface area contributed by atoms with Crippen LogP contribution in [0.1, 0.15) is 16.1 Å². The summed E-state index contributed by atoms with van der Waals surface area (Å²) in [5.74, 6) is -1.60. The first kappa shape index (κ1) is 11.6. The van der Waals surface area contributed by atoms with Crippen LogP contribution in [-0.2, 0) is 4.79 Å². The lowest BCUT2D eigenvalue weighted by Crippen LogP contribution is -2.29. The van der Waals surface area contributed by atoms with E-state index in [1.165, 1.54) is 23.0 Å². The van der Waals surface area contributed by atoms with E-state index in [-0.39, 0.29) is 18.9 Å². The highest BCUT2D eigenvalue weighted by molar-refractivity contribution is 7.11. The molecule has 0 spiro atoms. The van der Waals surface area contributed by atoms with Gasteiger partial charge in [-0.05, 0) is 0 Å². The molecule has 1 atom stereocenters. The number of aliphatic hydroxyl groups is 1. The van der Waals surface area contributed by atoms with Crippen molar-refractivity contribution < 1.29 is 19.8 Å². The maximum Gasteiger partial charge on any atom is 0.332 e. The molecule has 0 aromatic carbocycles. The van der Waals surface area contributed by atoms with E-state index in [1.807, 2.05) is 0 Å². The summed E-state index contributed by atoms with van der Waals surface area (Å²) in [6.07, 6.45) is -0.0280. The van der Waals surface area contributed by atoms with Crippen molar-refractivity contribution in [3.63, 3.8) is 0 Å². The molecule has 0 radical (unpaired) electrons. The van der Waals surface area contributed by atoms with E-state index in [4.69, 9.17) is 10.2 Å². The number of carboxylic acids is 1. The monoisotopic (exact) mass is 230 g/mol. The van der Waals surface area contributed by atoms with Gasteiger partial charge < -0.3 is 15.5 Å². The average Bonchev–Trinajstić information content (AvgIpc) is 2.70. The van der Waals surface area contributed by atoms with Crippen molar-refractivity contribution in [3.8, 4) is 0 Å². The third kappa shape index (κ3) is 3.64. The van der Waals surface area contributed by atoms with Crippen molar-refractivity contribution >= 4 is 23.2 Å². The topological polar surface area (TPSA) is 99.5 Å². The summed E-state index contributed by atoms with van der Waals surface area (Å²) in [5, 5.41) is 19.7. The van der Waals surface area contributed by atoms with Gasteiger partial charge in [0.25, 0.3) is 5.91 Å². The number of rotatable bonds is 5. The second-order valence-electron chi connectivity index (χ2n) is 2.76. The largest absolute Gasteiger partial charge is 0.479 e. The number of aromatic nitrogens is 1. The molecule has 6 nitrogen and oxygen atoms in total. The first-order valence-electron chi connectivity index (χ1n) is 4.19. The lowest BCUT2D eigenvalue weighted by Gasteiger charge is -2.05. The number of hydrogen-bond acceptors (Lipinski definition) is 5. The fourth-order valence-electron chi connectivity index (χ4n) is 0.861. The van der Waals surface area contributed by atoms with Crippen LogP contribution in [0.4, 0.5) is 0 Å². The molecule has 1 rings (SSSR count). The van der Waals surface area contributed by atoms with Gasteiger partial charge in [0.1, 0.15) is 4.88 Å². The summed E-state index contributed by atoms with van der Waals surface area (Å²) < 4.78 is 0. The van der Waals surface area contributed by atoms with E-state index >= 15 is 0 Å². The van der Waals surface area contributed by atoms with Crippen LogP contribution < -0.4 is 5.32 Å². The van der Waals surface area contributed by atoms with Gasteiger partial charge in [0.05, 0.1) is 11.7 Å². The summed E-state index contributed by atoms with van der Waals surface area (Å²) in [5.41, 5.74) is 1.53. The number of carboxylic acid groups (broad SMARTS) is 1. The Morgan fingerprint density at radius 3 is 2.87 bits per heavy atom. The number of nitrogens with one attached hydrogen (secondary N) is 1. The number of thiazole rings is 1. The average molecular weight is 230 g/mol. The van der Waals surface area contributed by atoms with Crippen molar-refractivity contribution in [2.24, 2.45) is 0 Å². The fraction of sp³-hybridized carbons (Fsp3) is 0.375. The van der Waals surface area contributed by atoms with Crippen LogP contribution in [0.25, 0.3) is 0 Å². The molecule has 0 saturated heterocycles. The number of amides is 1. The van der Waals surface area contributed by atoms with E-state index in [0.29, 0.717) is 4.88 Å². The minimum Gasteiger partial charge on any atom is -0.479 e. The minimum atomic E-state index is -1.44. The van der Waals surface area contributed by atoms with Gasteiger partial charge in [-0.3, -0.25) is 9.78 Å². The van der Waals surface area contributed by atoms with Crippen LogP contribution in [0.5, 0.6) is 0 Å². The zero-order valence-corrected chi connectivity index (χ0v) is 8.53. The van der Waals surface area contributed by atoms with Crippen molar-refractivity contribution in [2.75, 3.05) is 6.54 Å². The van der Waals surface area contributed by atoms with Gasteiger partial charge >= 0.3 is 5.97 Å². The van der Waals surface area contributed by atoms with Crippen LogP contribution in [0.15, 0.2) is 11.7 Å². The van der Waals surface area contributed by atoms with E-state index in [9.17, 15) is 9.59 Å². The zero-order valence-electron chi connectivity index (χ0n) is 7.71. The molecule has 15 heavy (non-hydrogen) atoms. The van der Waals surface area contributed by atoms with Crippen LogP contribution in [-0.4, -0.2) is 39.7 Å². The molecule has 1 heterocycles. The van der Waals surface area contributed by atoms with Crippen LogP contribution in [0.3, 0.4) is 0 Å². The second-order valence-corrected chi connectivity index (χ2v) is 3.65. The molecule has 1 amide bonds. The molecule has 1 aromatic heterocycles. The highest BCUT2D eigenvalue weighted by atomic mass is 32.1. The molecule has 0 bridgehead atoms. The van der Waals surface area contributed by atoms with Crippen molar-refractivity contribution in [2.45, 2.75) is 12.5 Å². The Bertz CT molecular complexity index is 338. The summed E-state index contributed by atoms with van der Waals surface area (Å²) in [4.78, 5) is 25.7. The molecule has 0 aliphatic carbocycles. The number of aliphatic hydroxyl groups excluding tert-OH is 1. The third-order valence-electron chi connectivity index (χ3n) is 1.64. The molecule has 82 valence electrons. The molecule has 0 aliphatic rings. The molecular formula is C8H10N2O4S. The molecule has 3 N–H and O–H groups in total. The summed E-state index contributed by atoms with van der Waals surface area (Å²) >= 11 is 1.19. The molecule has 7 heteroatoms. The van der Waals surface area contributed by atoms with Gasteiger partial charge in [0, 0.05) is 13.0 Å². The summed E-state index contributed by atoms with van der Waals surface area (Å²) in [7, 11) is 0. The van der Waals surface area contributed by atoms with E-state index in [0.717, 1.165) is 0 Å². The zero-order chi connectivity index (χ0) is 11.3. The lowest BCUT2D eigenvalue weighted by atomic mass is 10.2. The standard InChI is InChI=1S/C8H10N2O4S/c11-5(8(13)14)1-2-10-7(12)6-3-9-4-15-6/h3-5,11H,1-2H2,(H,10,12)(H,13,14)/t5-/m0/s1. The predicted octanol–water partition coefficient (Wildman–Crippen LogP) is -0.291. The van der Waals surface area contributed by atoms with Crippen LogP contribution in [0, 0.1) is 0 Å². The molecular weight excluding hydrogens is 220 g/mol. The number of carbonyl (C=O) groups is 2. The number of nitrogens with zero attached hydrogens (tertiary/aromatic N) is 1. The SMILES string of the molecule is O=C(NCC[C@H](O)C(=O)O)c1cncs1. The van der Waals surface area contributed by atoms with Gasteiger partial charge in [0.15, 0.2) is 6.10 Å². The predicted molar refractivity (Wildman–Crippen MR) is 52.7 cm³/mol. The highest BCUT2D eigenvalue weighted by Gasteiger charge is 2.13. The Kier molecular flexibility index (Phi) is 4.19. The van der Waals surface area contributed by atoms with Crippen molar-refractivity contribution in [1.29, 1.82) is 0 Å². The van der Waals surface area contributed by atoms with Crippen molar-refractivity contribution in [3.05, 3.63) is 16.6 Å². The third-order valence-corrected chi connectivity index (χ3v) is 2.42. The molecule has 0 unspecified atom stereocenters. The van der Waals surface area contributed by atoms with Gasteiger partial charge in [-0.15, -0.1) is 11.3 Å². The summed E-state index contributed by atoms with van der Waals surface area (Å²) in [6, 6.07) is 0. The molecule has 0 saturated carbocycles. The smallest absolute Gasteiger partial charge is 0.332 e. The first-order chi connectivity index (χ1) is 7.11. The Morgan fingerprint density at radius 2 is 2.33 bits per heavy atom. The maximum absolute atomic E-state index is 11.3. The first-order valence-corrected chi connectivity index (χ1v) is 5.07. The van der Waals surface area contributed by atoms with Gasteiger partial charge in [-0.2, -0.15) is 0 Å². The second kappa shape index (κ2) is 5.42. The fourth-order valence-corrected chi connectivity index (χ4v) is 1.40. The Labute approximate surface area is 89.6 Å². The lowest BCUT2D eigenvalue weighted by molar-refractivity contribution is -0.146. The molecule has 1 aromatic rings. The Hall–Kier alpha value is -1.47. The number of hydrogen-bond donors (Lipinski definition) is 3. The Balaban J connectivity index is 2.27. The quantitative estimate of drug-likeness (QED) is 0.645. The Morgan fingerprint density at radius 1 is 1.60 bits per heavy atom. The van der Waals surface area contributed by atoms with E-state index in [1.54, 1.807) is 0 Å². The van der Waals surface area contributed by atoms with Crippen LogP contribution >= 0.6 is 11.3 Å². The van der Waals surface area contributed by atoms with Gasteiger partial charge in [-0.25, -0.2) is 4.79 Å². The van der Waals surface area contributed by atoms with Crippen molar-refractivity contribution in [1.82, 2.24) is 10.3 Å². The van der Waals surface area contributed by atoms with Gasteiger partial charge in [0.2, 0.25) is 0 Å². The normalized spacial score (nSPS) is 12.1. The summed E-state index contributed by atoms with van der Waals surface area (Å²) in [6.45, 7) is 0.115.